The Morgan fingerprint density at radius 2 is 1.47 bits per heavy atom. The lowest BCUT2D eigenvalue weighted by atomic mass is 9.63. The Balaban J connectivity index is 2.68. The number of phenolic OH excluding ortho intramolecular Hbond substituents is 1. The van der Waals surface area contributed by atoms with Gasteiger partial charge in [0.2, 0.25) is 0 Å². The molecule has 0 heterocycles. The zero-order chi connectivity index (χ0) is 12.8. The van der Waals surface area contributed by atoms with Gasteiger partial charge in [-0.05, 0) is 46.9 Å². The number of hydrogen-bond acceptors (Lipinski definition) is 2. The molecule has 2 rings (SSSR count). The van der Waals surface area contributed by atoms with Crippen molar-refractivity contribution >= 4 is 0 Å². The summed E-state index contributed by atoms with van der Waals surface area (Å²) in [5.74, 6) is 0.826. The van der Waals surface area contributed by atoms with Gasteiger partial charge in [0.15, 0.2) is 11.5 Å². The molecule has 0 aromatic heterocycles. The molecule has 0 bridgehead atoms. The first-order chi connectivity index (χ1) is 7.78. The Hall–Kier alpha value is -1.18. The van der Waals surface area contributed by atoms with Crippen molar-refractivity contribution in [3.8, 4) is 11.5 Å². The van der Waals surface area contributed by atoms with E-state index in [4.69, 9.17) is 4.74 Å². The average molecular weight is 234 g/mol. The molecule has 1 aromatic carbocycles. The van der Waals surface area contributed by atoms with E-state index < -0.39 is 0 Å². The Morgan fingerprint density at radius 3 is 1.94 bits per heavy atom. The van der Waals surface area contributed by atoms with Crippen LogP contribution in [0.5, 0.6) is 11.5 Å². The maximum Gasteiger partial charge on any atom is 0.160 e. The topological polar surface area (TPSA) is 29.5 Å². The highest BCUT2D eigenvalue weighted by Crippen LogP contribution is 2.48. The Morgan fingerprint density at radius 1 is 1.00 bits per heavy atom. The highest BCUT2D eigenvalue weighted by Gasteiger charge is 2.37. The summed E-state index contributed by atoms with van der Waals surface area (Å²) < 4.78 is 5.22. The molecule has 0 unspecified atom stereocenters. The molecule has 1 aliphatic rings. The van der Waals surface area contributed by atoms with Crippen LogP contribution in [0.1, 0.15) is 51.7 Å². The highest BCUT2D eigenvalue weighted by molar-refractivity contribution is 5.52. The van der Waals surface area contributed by atoms with Gasteiger partial charge in [0, 0.05) is 0 Å². The van der Waals surface area contributed by atoms with Crippen molar-refractivity contribution in [1.29, 1.82) is 0 Å². The summed E-state index contributed by atoms with van der Waals surface area (Å²) >= 11 is 0. The molecule has 0 aliphatic heterocycles. The van der Waals surface area contributed by atoms with E-state index in [9.17, 15) is 5.11 Å². The van der Waals surface area contributed by atoms with Gasteiger partial charge in [0.25, 0.3) is 0 Å². The predicted molar refractivity (Wildman–Crippen MR) is 69.9 cm³/mol. The van der Waals surface area contributed by atoms with Crippen molar-refractivity contribution in [3.05, 3.63) is 23.3 Å². The number of ether oxygens (including phenoxy) is 1. The van der Waals surface area contributed by atoms with Crippen molar-refractivity contribution in [3.63, 3.8) is 0 Å². The van der Waals surface area contributed by atoms with Crippen molar-refractivity contribution in [2.24, 2.45) is 0 Å². The number of phenols is 1. The molecule has 2 heteroatoms. The molecular formula is C15H22O2. The molecule has 0 amide bonds. The largest absolute Gasteiger partial charge is 0.504 e. The van der Waals surface area contributed by atoms with Crippen LogP contribution in [0.15, 0.2) is 12.1 Å². The van der Waals surface area contributed by atoms with Crippen LogP contribution in [0.25, 0.3) is 0 Å². The van der Waals surface area contributed by atoms with E-state index in [0.29, 0.717) is 5.75 Å². The van der Waals surface area contributed by atoms with Gasteiger partial charge in [-0.1, -0.05) is 27.7 Å². The molecule has 17 heavy (non-hydrogen) atoms. The van der Waals surface area contributed by atoms with E-state index in [1.165, 1.54) is 17.5 Å². The molecule has 2 nitrogen and oxygen atoms in total. The zero-order valence-corrected chi connectivity index (χ0v) is 11.4. The van der Waals surface area contributed by atoms with Crippen molar-refractivity contribution in [1.82, 2.24) is 0 Å². The van der Waals surface area contributed by atoms with Crippen LogP contribution in [0.2, 0.25) is 0 Å². The minimum Gasteiger partial charge on any atom is -0.504 e. The highest BCUT2D eigenvalue weighted by atomic mass is 16.5. The summed E-state index contributed by atoms with van der Waals surface area (Å²) in [6.07, 6.45) is 2.32. The summed E-state index contributed by atoms with van der Waals surface area (Å²) in [5, 5.41) is 9.94. The first kappa shape index (κ1) is 12.3. The van der Waals surface area contributed by atoms with Gasteiger partial charge in [-0.25, -0.2) is 0 Å². The summed E-state index contributed by atoms with van der Waals surface area (Å²) in [7, 11) is 1.60. The summed E-state index contributed by atoms with van der Waals surface area (Å²) in [4.78, 5) is 0. The SMILES string of the molecule is COc1cc2c(cc1O)C(C)(C)CCC2(C)C. The molecule has 0 spiro atoms. The minimum absolute atomic E-state index is 0.134. The van der Waals surface area contributed by atoms with Crippen molar-refractivity contribution < 1.29 is 9.84 Å². The molecule has 0 atom stereocenters. The van der Waals surface area contributed by atoms with Crippen LogP contribution >= 0.6 is 0 Å². The fourth-order valence-corrected chi connectivity index (χ4v) is 2.75. The third-order valence-electron chi connectivity index (χ3n) is 4.15. The number of benzene rings is 1. The van der Waals surface area contributed by atoms with Crippen LogP contribution in [-0.2, 0) is 10.8 Å². The summed E-state index contributed by atoms with van der Waals surface area (Å²) in [5.41, 5.74) is 2.86. The second kappa shape index (κ2) is 3.66. The number of methoxy groups -OCH3 is 1. The second-order valence-corrected chi connectivity index (χ2v) is 6.34. The van der Waals surface area contributed by atoms with Gasteiger partial charge in [0.05, 0.1) is 7.11 Å². The number of aromatic hydroxyl groups is 1. The van der Waals surface area contributed by atoms with E-state index in [1.54, 1.807) is 7.11 Å². The molecule has 0 saturated carbocycles. The lowest BCUT2D eigenvalue weighted by molar-refractivity contribution is 0.322. The lowest BCUT2D eigenvalue weighted by Gasteiger charge is -2.42. The van der Waals surface area contributed by atoms with Crippen LogP contribution in [-0.4, -0.2) is 12.2 Å². The van der Waals surface area contributed by atoms with E-state index in [1.807, 2.05) is 12.1 Å². The number of hydrogen-bond donors (Lipinski definition) is 1. The van der Waals surface area contributed by atoms with E-state index in [-0.39, 0.29) is 16.6 Å². The average Bonchev–Trinajstić information content (AvgIpc) is 2.24. The monoisotopic (exact) mass is 234 g/mol. The van der Waals surface area contributed by atoms with Gasteiger partial charge in [-0.3, -0.25) is 0 Å². The molecule has 1 aromatic rings. The van der Waals surface area contributed by atoms with Gasteiger partial charge >= 0.3 is 0 Å². The molecule has 1 N–H and O–H groups in total. The minimum atomic E-state index is 0.134. The predicted octanol–water partition coefficient (Wildman–Crippen LogP) is 3.75. The smallest absolute Gasteiger partial charge is 0.160 e. The summed E-state index contributed by atoms with van der Waals surface area (Å²) in [6, 6.07) is 3.89. The third-order valence-corrected chi connectivity index (χ3v) is 4.15. The van der Waals surface area contributed by atoms with Crippen LogP contribution in [0, 0.1) is 0 Å². The van der Waals surface area contributed by atoms with Crippen LogP contribution in [0.4, 0.5) is 0 Å². The number of rotatable bonds is 1. The Kier molecular flexibility index (Phi) is 2.64. The second-order valence-electron chi connectivity index (χ2n) is 6.34. The van der Waals surface area contributed by atoms with E-state index in [2.05, 4.69) is 27.7 Å². The van der Waals surface area contributed by atoms with Crippen LogP contribution in [0.3, 0.4) is 0 Å². The molecule has 0 fully saturated rings. The Bertz CT molecular complexity index is 444. The van der Waals surface area contributed by atoms with E-state index >= 15 is 0 Å². The molecule has 0 saturated heterocycles. The fraction of sp³-hybridized carbons (Fsp3) is 0.600. The third kappa shape index (κ3) is 1.90. The van der Waals surface area contributed by atoms with Crippen LogP contribution < -0.4 is 4.74 Å². The normalized spacial score (nSPS) is 20.8. The molecule has 1 aliphatic carbocycles. The summed E-state index contributed by atoms with van der Waals surface area (Å²) in [6.45, 7) is 9.01. The van der Waals surface area contributed by atoms with Gasteiger partial charge < -0.3 is 9.84 Å². The quantitative estimate of drug-likeness (QED) is 0.802. The first-order valence-electron chi connectivity index (χ1n) is 6.20. The van der Waals surface area contributed by atoms with Crippen molar-refractivity contribution in [2.45, 2.75) is 51.4 Å². The maximum atomic E-state index is 9.94. The Labute approximate surface area is 104 Å². The maximum absolute atomic E-state index is 9.94. The van der Waals surface area contributed by atoms with E-state index in [0.717, 1.165) is 6.42 Å². The van der Waals surface area contributed by atoms with Gasteiger partial charge in [-0.2, -0.15) is 0 Å². The molecular weight excluding hydrogens is 212 g/mol. The lowest BCUT2D eigenvalue weighted by Crippen LogP contribution is -2.33. The molecule has 94 valence electrons. The number of fused-ring (bicyclic) bond motifs is 1. The first-order valence-corrected chi connectivity index (χ1v) is 6.20. The fourth-order valence-electron chi connectivity index (χ4n) is 2.75. The zero-order valence-electron chi connectivity index (χ0n) is 11.4. The standard InChI is InChI=1S/C15H22O2/c1-14(2)6-7-15(3,4)11-9-13(17-5)12(16)8-10(11)14/h8-9,16H,6-7H2,1-5H3. The van der Waals surface area contributed by atoms with Gasteiger partial charge in [0.1, 0.15) is 0 Å². The van der Waals surface area contributed by atoms with Crippen molar-refractivity contribution in [2.75, 3.05) is 7.11 Å². The molecule has 0 radical (unpaired) electrons. The van der Waals surface area contributed by atoms with Gasteiger partial charge in [-0.15, -0.1) is 0 Å².